The van der Waals surface area contributed by atoms with E-state index in [-0.39, 0.29) is 11.5 Å². The predicted molar refractivity (Wildman–Crippen MR) is 127 cm³/mol. The van der Waals surface area contributed by atoms with Gasteiger partial charge in [-0.05, 0) is 69.2 Å². The number of hydrogen-bond donors (Lipinski definition) is 0. The second-order valence-corrected chi connectivity index (χ2v) is 10.4. The van der Waals surface area contributed by atoms with Crippen molar-refractivity contribution in [3.05, 3.63) is 70.0 Å². The summed E-state index contributed by atoms with van der Waals surface area (Å²) in [7, 11) is 0. The first-order valence-corrected chi connectivity index (χ1v) is 12.3. The smallest absolute Gasteiger partial charge is 0.229 e. The van der Waals surface area contributed by atoms with Crippen LogP contribution < -0.4 is 9.64 Å². The number of carbonyl (C=O) groups excluding carboxylic acids is 1. The molecule has 1 aromatic carbocycles. The fraction of sp³-hybridized carbons (Fsp3) is 0.423. The molecule has 5 rings (SSSR count). The molecule has 166 valence electrons. The Hall–Kier alpha value is -2.73. The number of benzene rings is 1. The summed E-state index contributed by atoms with van der Waals surface area (Å²) in [5, 5.41) is 0.809. The molecule has 6 heteroatoms. The lowest BCUT2D eigenvalue weighted by Gasteiger charge is -2.20. The van der Waals surface area contributed by atoms with Gasteiger partial charge in [-0.2, -0.15) is 0 Å². The van der Waals surface area contributed by atoms with Gasteiger partial charge in [0, 0.05) is 23.9 Å². The van der Waals surface area contributed by atoms with Crippen LogP contribution >= 0.6 is 11.3 Å². The number of aryl methyl sites for hydroxylation is 3. The van der Waals surface area contributed by atoms with Gasteiger partial charge in [0.25, 0.3) is 0 Å². The highest BCUT2D eigenvalue weighted by Gasteiger charge is 2.32. The Labute approximate surface area is 193 Å². The van der Waals surface area contributed by atoms with Crippen LogP contribution in [0.5, 0.6) is 5.75 Å². The van der Waals surface area contributed by atoms with E-state index >= 15 is 0 Å². The second kappa shape index (κ2) is 8.66. The Morgan fingerprint density at radius 2 is 2.03 bits per heavy atom. The van der Waals surface area contributed by atoms with Crippen molar-refractivity contribution in [2.75, 3.05) is 4.90 Å². The zero-order valence-corrected chi connectivity index (χ0v) is 19.6. The highest BCUT2D eigenvalue weighted by atomic mass is 32.1. The van der Waals surface area contributed by atoms with E-state index in [1.165, 1.54) is 29.0 Å². The Morgan fingerprint density at radius 3 is 2.84 bits per heavy atom. The van der Waals surface area contributed by atoms with Crippen molar-refractivity contribution >= 4 is 22.4 Å². The molecule has 0 saturated heterocycles. The van der Waals surface area contributed by atoms with Gasteiger partial charge in [-0.1, -0.05) is 24.3 Å². The molecule has 1 aliphatic heterocycles. The third-order valence-corrected chi connectivity index (χ3v) is 7.37. The Kier molecular flexibility index (Phi) is 5.72. The maximum Gasteiger partial charge on any atom is 0.229 e. The van der Waals surface area contributed by atoms with E-state index in [0.717, 1.165) is 41.4 Å². The number of hydrogen-bond acceptors (Lipinski definition) is 5. The number of fused-ring (bicyclic) bond motifs is 2. The number of nitrogens with zero attached hydrogens (tertiary/aromatic N) is 3. The van der Waals surface area contributed by atoms with Gasteiger partial charge in [-0.25, -0.2) is 4.98 Å². The lowest BCUT2D eigenvalue weighted by atomic mass is 9.99. The third-order valence-electron chi connectivity index (χ3n) is 6.19. The minimum absolute atomic E-state index is 0.0802. The molecule has 3 heterocycles. The van der Waals surface area contributed by atoms with Gasteiger partial charge in [0.2, 0.25) is 5.91 Å². The van der Waals surface area contributed by atoms with E-state index in [4.69, 9.17) is 9.72 Å². The monoisotopic (exact) mass is 447 g/mol. The second-order valence-electron chi connectivity index (χ2n) is 9.32. The molecule has 2 aliphatic rings. The fourth-order valence-electron chi connectivity index (χ4n) is 4.62. The van der Waals surface area contributed by atoms with Crippen molar-refractivity contribution < 1.29 is 9.53 Å². The van der Waals surface area contributed by atoms with Crippen molar-refractivity contribution in [1.82, 2.24) is 9.97 Å². The molecule has 0 bridgehead atoms. The van der Waals surface area contributed by atoms with Gasteiger partial charge in [0.1, 0.15) is 11.4 Å². The van der Waals surface area contributed by atoms with Gasteiger partial charge in [-0.15, -0.1) is 11.3 Å². The van der Waals surface area contributed by atoms with Crippen LogP contribution in [0.1, 0.15) is 60.5 Å². The number of aromatic nitrogens is 2. The quantitative estimate of drug-likeness (QED) is 0.515. The molecule has 0 radical (unpaired) electrons. The Balaban J connectivity index is 1.37. The normalized spacial score (nSPS) is 16.2. The first kappa shape index (κ1) is 21.1. The number of thiazole rings is 1. The van der Waals surface area contributed by atoms with Gasteiger partial charge in [0.15, 0.2) is 5.13 Å². The molecule has 0 spiro atoms. The maximum atomic E-state index is 13.5. The third kappa shape index (κ3) is 4.42. The molecule has 0 saturated carbocycles. The number of carbonyl (C=O) groups is 1. The van der Waals surface area contributed by atoms with Crippen molar-refractivity contribution in [3.8, 4) is 5.75 Å². The largest absolute Gasteiger partial charge is 0.487 e. The van der Waals surface area contributed by atoms with Crippen LogP contribution in [0.3, 0.4) is 0 Å². The van der Waals surface area contributed by atoms with Crippen molar-refractivity contribution in [2.24, 2.45) is 0 Å². The van der Waals surface area contributed by atoms with Crippen LogP contribution in [-0.4, -0.2) is 21.5 Å². The molecule has 0 atom stereocenters. The lowest BCUT2D eigenvalue weighted by Crippen LogP contribution is -2.31. The summed E-state index contributed by atoms with van der Waals surface area (Å²) in [4.78, 5) is 26.0. The number of pyridine rings is 1. The molecule has 0 fully saturated rings. The van der Waals surface area contributed by atoms with Crippen molar-refractivity contribution in [1.29, 1.82) is 0 Å². The van der Waals surface area contributed by atoms with Gasteiger partial charge in [-0.3, -0.25) is 14.7 Å². The minimum atomic E-state index is -0.187. The van der Waals surface area contributed by atoms with Crippen molar-refractivity contribution in [2.45, 2.75) is 70.9 Å². The number of amides is 1. The number of ether oxygens (including phenoxy) is 1. The minimum Gasteiger partial charge on any atom is -0.487 e. The van der Waals surface area contributed by atoms with E-state index in [9.17, 15) is 4.79 Å². The fourth-order valence-corrected chi connectivity index (χ4v) is 5.79. The van der Waals surface area contributed by atoms with E-state index < -0.39 is 0 Å². The molecule has 2 aromatic heterocycles. The highest BCUT2D eigenvalue weighted by Crippen LogP contribution is 2.38. The molecule has 0 unspecified atom stereocenters. The Morgan fingerprint density at radius 1 is 1.16 bits per heavy atom. The number of rotatable bonds is 6. The summed E-state index contributed by atoms with van der Waals surface area (Å²) >= 11 is 1.67. The van der Waals surface area contributed by atoms with Crippen LogP contribution in [0.4, 0.5) is 5.13 Å². The van der Waals surface area contributed by atoms with Crippen LogP contribution in [-0.2, 0) is 37.0 Å². The van der Waals surface area contributed by atoms with Gasteiger partial charge in [0.05, 0.1) is 17.9 Å². The predicted octanol–water partition coefficient (Wildman–Crippen LogP) is 5.30. The summed E-state index contributed by atoms with van der Waals surface area (Å²) in [5.41, 5.74) is 4.20. The average molecular weight is 448 g/mol. The van der Waals surface area contributed by atoms with Crippen LogP contribution in [0.25, 0.3) is 0 Å². The summed E-state index contributed by atoms with van der Waals surface area (Å²) < 4.78 is 6.21. The molecule has 5 nitrogen and oxygen atoms in total. The van der Waals surface area contributed by atoms with E-state index in [1.54, 1.807) is 17.5 Å². The molecule has 0 N–H and O–H groups in total. The first-order chi connectivity index (χ1) is 15.5. The van der Waals surface area contributed by atoms with Gasteiger partial charge >= 0.3 is 0 Å². The zero-order valence-electron chi connectivity index (χ0n) is 18.8. The number of para-hydroxylation sites is 1. The zero-order chi connectivity index (χ0) is 22.1. The Bertz CT molecular complexity index is 1100. The van der Waals surface area contributed by atoms with Gasteiger partial charge < -0.3 is 4.74 Å². The number of anilines is 1. The molecule has 1 amide bonds. The molecule has 1 aliphatic carbocycles. The van der Waals surface area contributed by atoms with E-state index in [0.29, 0.717) is 19.4 Å². The van der Waals surface area contributed by atoms with Crippen LogP contribution in [0.15, 0.2) is 42.6 Å². The lowest BCUT2D eigenvalue weighted by molar-refractivity contribution is -0.118. The standard InChI is InChI=1S/C26H29N3O2S/c1-26(2)16-19-9-7-8-18(24(19)31-26)13-14-23(30)29(17-20-10-5-6-15-27-20)25-28-21-11-3-4-12-22(21)32-25/h5-10,15H,3-4,11-14,16-17H2,1-2H3. The van der Waals surface area contributed by atoms with Crippen LogP contribution in [0.2, 0.25) is 0 Å². The summed E-state index contributed by atoms with van der Waals surface area (Å²) in [6, 6.07) is 12.1. The molecular formula is C26H29N3O2S. The van der Waals surface area contributed by atoms with E-state index in [2.05, 4.69) is 37.0 Å². The molecule has 3 aromatic rings. The van der Waals surface area contributed by atoms with Crippen LogP contribution in [0, 0.1) is 0 Å². The molecular weight excluding hydrogens is 418 g/mol. The molecule has 32 heavy (non-hydrogen) atoms. The van der Waals surface area contributed by atoms with Crippen molar-refractivity contribution in [3.63, 3.8) is 0 Å². The summed E-state index contributed by atoms with van der Waals surface area (Å²) in [6.07, 6.45) is 8.22. The van der Waals surface area contributed by atoms with E-state index in [1.807, 2.05) is 23.1 Å². The maximum absolute atomic E-state index is 13.5. The summed E-state index contributed by atoms with van der Waals surface area (Å²) in [6.45, 7) is 4.67. The highest BCUT2D eigenvalue weighted by molar-refractivity contribution is 7.15. The topological polar surface area (TPSA) is 55.3 Å². The summed E-state index contributed by atoms with van der Waals surface area (Å²) in [5.74, 6) is 1.04. The SMILES string of the molecule is CC1(C)Cc2cccc(CCC(=O)N(Cc3ccccn3)c3nc4c(s3)CCCC4)c2O1. The first-order valence-electron chi connectivity index (χ1n) is 11.5. The average Bonchev–Trinajstić information content (AvgIpc) is 3.35.